The van der Waals surface area contributed by atoms with Crippen LogP contribution in [0.1, 0.15) is 20.7 Å². The number of para-hydroxylation sites is 1. The Balaban J connectivity index is 1.56. The van der Waals surface area contributed by atoms with Gasteiger partial charge in [-0.1, -0.05) is 29.8 Å². The molecule has 0 spiro atoms. The van der Waals surface area contributed by atoms with Gasteiger partial charge in [-0.2, -0.15) is 0 Å². The molecule has 3 aromatic carbocycles. The van der Waals surface area contributed by atoms with Gasteiger partial charge in [-0.25, -0.2) is 0 Å². The van der Waals surface area contributed by atoms with E-state index in [0.29, 0.717) is 27.6 Å². The van der Waals surface area contributed by atoms with Crippen molar-refractivity contribution in [3.8, 4) is 11.5 Å². The standard InChI is InChI=1S/C20H15ClN2O3/c21-16-10-6-14(7-11-16)19(24)22-23-20(25)15-8-12-18(13-9-15)26-17-4-2-1-3-5-17/h1-13H,(H,22,24)(H,23,25). The lowest BCUT2D eigenvalue weighted by atomic mass is 10.2. The number of amides is 2. The summed E-state index contributed by atoms with van der Waals surface area (Å²) in [6.07, 6.45) is 0. The van der Waals surface area contributed by atoms with Crippen LogP contribution in [0.15, 0.2) is 78.9 Å². The van der Waals surface area contributed by atoms with Crippen LogP contribution in [-0.2, 0) is 0 Å². The number of carbonyl (C=O) groups is 2. The molecule has 0 unspecified atom stereocenters. The second kappa shape index (κ2) is 8.18. The van der Waals surface area contributed by atoms with E-state index in [0.717, 1.165) is 0 Å². The van der Waals surface area contributed by atoms with Crippen molar-refractivity contribution in [2.75, 3.05) is 0 Å². The highest BCUT2D eigenvalue weighted by Gasteiger charge is 2.09. The van der Waals surface area contributed by atoms with Gasteiger partial charge in [0, 0.05) is 16.1 Å². The fourth-order valence-corrected chi connectivity index (χ4v) is 2.28. The van der Waals surface area contributed by atoms with Gasteiger partial charge >= 0.3 is 0 Å². The van der Waals surface area contributed by atoms with E-state index in [1.165, 1.54) is 0 Å². The summed E-state index contributed by atoms with van der Waals surface area (Å²) >= 11 is 5.78. The quantitative estimate of drug-likeness (QED) is 0.680. The third-order valence-corrected chi connectivity index (χ3v) is 3.74. The molecular formula is C20H15ClN2O3. The number of hydrogen-bond acceptors (Lipinski definition) is 3. The molecule has 0 atom stereocenters. The number of hydrazine groups is 1. The fraction of sp³-hybridized carbons (Fsp3) is 0. The molecule has 0 fully saturated rings. The van der Waals surface area contributed by atoms with Gasteiger partial charge in [0.25, 0.3) is 11.8 Å². The third kappa shape index (κ3) is 4.62. The maximum Gasteiger partial charge on any atom is 0.269 e. The first kappa shape index (κ1) is 17.5. The molecule has 5 nitrogen and oxygen atoms in total. The summed E-state index contributed by atoms with van der Waals surface area (Å²) < 4.78 is 5.67. The summed E-state index contributed by atoms with van der Waals surface area (Å²) in [5.74, 6) is 0.454. The molecule has 0 saturated carbocycles. The highest BCUT2D eigenvalue weighted by molar-refractivity contribution is 6.30. The van der Waals surface area contributed by atoms with Crippen LogP contribution in [-0.4, -0.2) is 11.8 Å². The molecule has 0 bridgehead atoms. The number of benzene rings is 3. The summed E-state index contributed by atoms with van der Waals surface area (Å²) in [5.41, 5.74) is 5.51. The average Bonchev–Trinajstić information content (AvgIpc) is 2.68. The van der Waals surface area contributed by atoms with Gasteiger partial charge in [-0.05, 0) is 60.7 Å². The largest absolute Gasteiger partial charge is 0.457 e. The molecule has 0 aliphatic carbocycles. The zero-order valence-corrected chi connectivity index (χ0v) is 14.4. The molecule has 0 radical (unpaired) electrons. The van der Waals surface area contributed by atoms with E-state index in [2.05, 4.69) is 10.9 Å². The zero-order valence-electron chi connectivity index (χ0n) is 13.6. The topological polar surface area (TPSA) is 67.4 Å². The third-order valence-electron chi connectivity index (χ3n) is 3.49. The molecule has 0 aromatic heterocycles. The van der Waals surface area contributed by atoms with Crippen molar-refractivity contribution in [3.05, 3.63) is 95.0 Å². The first-order valence-electron chi connectivity index (χ1n) is 7.81. The number of rotatable bonds is 4. The minimum Gasteiger partial charge on any atom is -0.457 e. The van der Waals surface area contributed by atoms with E-state index in [1.54, 1.807) is 48.5 Å². The maximum absolute atomic E-state index is 12.1. The summed E-state index contributed by atoms with van der Waals surface area (Å²) in [5, 5.41) is 0.531. The monoisotopic (exact) mass is 366 g/mol. The Kier molecular flexibility index (Phi) is 5.51. The van der Waals surface area contributed by atoms with Crippen LogP contribution in [0.2, 0.25) is 5.02 Å². The van der Waals surface area contributed by atoms with E-state index in [9.17, 15) is 9.59 Å². The van der Waals surface area contributed by atoms with Gasteiger partial charge in [-0.3, -0.25) is 20.4 Å². The molecule has 0 aliphatic rings. The second-order valence-corrected chi connectivity index (χ2v) is 5.79. The smallest absolute Gasteiger partial charge is 0.269 e. The first-order valence-corrected chi connectivity index (χ1v) is 8.19. The Hall–Kier alpha value is -3.31. The Morgan fingerprint density at radius 2 is 1.12 bits per heavy atom. The van der Waals surface area contributed by atoms with Gasteiger partial charge < -0.3 is 4.74 Å². The zero-order chi connectivity index (χ0) is 18.4. The van der Waals surface area contributed by atoms with Crippen LogP contribution in [0.25, 0.3) is 0 Å². The van der Waals surface area contributed by atoms with Crippen LogP contribution in [0, 0.1) is 0 Å². The second-order valence-electron chi connectivity index (χ2n) is 5.35. The van der Waals surface area contributed by atoms with Gasteiger partial charge in [0.05, 0.1) is 0 Å². The Morgan fingerprint density at radius 1 is 0.654 bits per heavy atom. The normalized spacial score (nSPS) is 10.0. The molecule has 3 rings (SSSR count). The van der Waals surface area contributed by atoms with Crippen molar-refractivity contribution in [1.82, 2.24) is 10.9 Å². The van der Waals surface area contributed by atoms with E-state index >= 15 is 0 Å². The average molecular weight is 367 g/mol. The van der Waals surface area contributed by atoms with Crippen molar-refractivity contribution in [3.63, 3.8) is 0 Å². The number of carbonyl (C=O) groups excluding carboxylic acids is 2. The number of hydrogen-bond donors (Lipinski definition) is 2. The van der Waals surface area contributed by atoms with Crippen molar-refractivity contribution < 1.29 is 14.3 Å². The van der Waals surface area contributed by atoms with Crippen molar-refractivity contribution in [1.29, 1.82) is 0 Å². The predicted octanol–water partition coefficient (Wildman–Crippen LogP) is 4.21. The minimum absolute atomic E-state index is 0.390. The number of ether oxygens (including phenoxy) is 1. The van der Waals surface area contributed by atoms with Crippen LogP contribution in [0.5, 0.6) is 11.5 Å². The molecule has 6 heteroatoms. The summed E-state index contributed by atoms with van der Waals surface area (Å²) in [7, 11) is 0. The molecule has 130 valence electrons. The Morgan fingerprint density at radius 3 is 1.65 bits per heavy atom. The minimum atomic E-state index is -0.432. The molecular weight excluding hydrogens is 352 g/mol. The van der Waals surface area contributed by atoms with Gasteiger partial charge in [0.15, 0.2) is 0 Å². The SMILES string of the molecule is O=C(NNC(=O)c1ccc(Oc2ccccc2)cc1)c1ccc(Cl)cc1. The molecule has 2 N–H and O–H groups in total. The van der Waals surface area contributed by atoms with E-state index in [4.69, 9.17) is 16.3 Å². The van der Waals surface area contributed by atoms with E-state index in [1.807, 2.05) is 30.3 Å². The van der Waals surface area contributed by atoms with Crippen molar-refractivity contribution >= 4 is 23.4 Å². The van der Waals surface area contributed by atoms with Gasteiger partial charge in [0.2, 0.25) is 0 Å². The van der Waals surface area contributed by atoms with Crippen LogP contribution >= 0.6 is 11.6 Å². The first-order chi connectivity index (χ1) is 12.6. The van der Waals surface area contributed by atoms with Crippen LogP contribution in [0.4, 0.5) is 0 Å². The van der Waals surface area contributed by atoms with Crippen molar-refractivity contribution in [2.45, 2.75) is 0 Å². The molecule has 0 heterocycles. The lowest BCUT2D eigenvalue weighted by Crippen LogP contribution is -2.41. The Labute approximate surface area is 155 Å². The maximum atomic E-state index is 12.1. The summed E-state index contributed by atoms with van der Waals surface area (Å²) in [6.45, 7) is 0. The molecule has 26 heavy (non-hydrogen) atoms. The molecule has 2 amide bonds. The number of halogens is 1. The fourth-order valence-electron chi connectivity index (χ4n) is 2.16. The summed E-state index contributed by atoms with van der Waals surface area (Å²) in [6, 6.07) is 22.3. The molecule has 0 saturated heterocycles. The predicted molar refractivity (Wildman–Crippen MR) is 99.3 cm³/mol. The highest BCUT2D eigenvalue weighted by atomic mass is 35.5. The lowest BCUT2D eigenvalue weighted by Gasteiger charge is -2.09. The van der Waals surface area contributed by atoms with Gasteiger partial charge in [0.1, 0.15) is 11.5 Å². The number of nitrogens with one attached hydrogen (secondary N) is 2. The molecule has 3 aromatic rings. The lowest BCUT2D eigenvalue weighted by molar-refractivity contribution is 0.0846. The summed E-state index contributed by atoms with van der Waals surface area (Å²) in [4.78, 5) is 24.1. The van der Waals surface area contributed by atoms with Gasteiger partial charge in [-0.15, -0.1) is 0 Å². The van der Waals surface area contributed by atoms with Crippen LogP contribution in [0.3, 0.4) is 0 Å². The Bertz CT molecular complexity index is 895. The van der Waals surface area contributed by atoms with Crippen molar-refractivity contribution in [2.24, 2.45) is 0 Å². The van der Waals surface area contributed by atoms with E-state index < -0.39 is 11.8 Å². The molecule has 0 aliphatic heterocycles. The van der Waals surface area contributed by atoms with E-state index in [-0.39, 0.29) is 0 Å². The van der Waals surface area contributed by atoms with Crippen LogP contribution < -0.4 is 15.6 Å². The highest BCUT2D eigenvalue weighted by Crippen LogP contribution is 2.21.